The SMILES string of the molecule is c1ccc(-c2ccccc2N(c2ccc3c(c2)oc2ccccc23)c2ccc3ccc4cc5oc6ccccc6c5cc4c3c2)cc1. The number of para-hydroxylation sites is 3. The Bertz CT molecular complexity index is 2810. The first-order chi connectivity index (χ1) is 23.3. The molecule has 220 valence electrons. The molecule has 0 aliphatic heterocycles. The first-order valence-corrected chi connectivity index (χ1v) is 15.9. The molecule has 0 N–H and O–H groups in total. The number of hydrogen-bond donors (Lipinski definition) is 0. The lowest BCUT2D eigenvalue weighted by Crippen LogP contribution is -2.11. The lowest BCUT2D eigenvalue weighted by atomic mass is 9.98. The number of benzene rings is 8. The van der Waals surface area contributed by atoms with E-state index in [-0.39, 0.29) is 0 Å². The summed E-state index contributed by atoms with van der Waals surface area (Å²) in [6, 6.07) is 58.0. The van der Waals surface area contributed by atoms with Crippen LogP contribution in [0.3, 0.4) is 0 Å². The standard InChI is InChI=1S/C44H27NO2/c1-2-10-28(11-3-1)33-12-4-7-15-40(33)45(32-22-23-36-34-13-5-8-16-41(34)47-44(36)26-32)31-21-20-29-18-19-30-24-43-39(27-38(30)37(29)25-31)35-14-6-9-17-42(35)46-43/h1-27H. The molecule has 0 saturated heterocycles. The van der Waals surface area contributed by atoms with Crippen molar-refractivity contribution in [2.45, 2.75) is 0 Å². The van der Waals surface area contributed by atoms with Crippen molar-refractivity contribution in [2.24, 2.45) is 0 Å². The van der Waals surface area contributed by atoms with E-state index in [1.165, 1.54) is 21.7 Å². The Labute approximate surface area is 270 Å². The molecule has 2 aromatic heterocycles. The van der Waals surface area contributed by atoms with Crippen LogP contribution in [0.2, 0.25) is 0 Å². The van der Waals surface area contributed by atoms with Crippen LogP contribution in [0.5, 0.6) is 0 Å². The minimum atomic E-state index is 0.867. The van der Waals surface area contributed by atoms with Gasteiger partial charge in [-0.25, -0.2) is 0 Å². The van der Waals surface area contributed by atoms with Gasteiger partial charge in [0.15, 0.2) is 0 Å². The van der Waals surface area contributed by atoms with E-state index in [0.29, 0.717) is 0 Å². The molecule has 0 unspecified atom stereocenters. The molecule has 0 saturated carbocycles. The van der Waals surface area contributed by atoms with Gasteiger partial charge in [0, 0.05) is 44.5 Å². The van der Waals surface area contributed by atoms with Gasteiger partial charge in [0.05, 0.1) is 5.69 Å². The van der Waals surface area contributed by atoms with Gasteiger partial charge < -0.3 is 13.7 Å². The van der Waals surface area contributed by atoms with Crippen molar-refractivity contribution in [2.75, 3.05) is 4.90 Å². The predicted molar refractivity (Wildman–Crippen MR) is 196 cm³/mol. The van der Waals surface area contributed by atoms with Crippen molar-refractivity contribution in [1.29, 1.82) is 0 Å². The van der Waals surface area contributed by atoms with Crippen LogP contribution in [-0.4, -0.2) is 0 Å². The molecule has 2 heterocycles. The van der Waals surface area contributed by atoms with Crippen molar-refractivity contribution in [3.8, 4) is 11.1 Å². The average Bonchev–Trinajstić information content (AvgIpc) is 3.69. The maximum atomic E-state index is 6.39. The van der Waals surface area contributed by atoms with Crippen molar-refractivity contribution in [3.05, 3.63) is 164 Å². The predicted octanol–water partition coefficient (Wildman–Crippen LogP) is 12.9. The largest absolute Gasteiger partial charge is 0.456 e. The fourth-order valence-electron chi connectivity index (χ4n) is 7.21. The highest BCUT2D eigenvalue weighted by Gasteiger charge is 2.20. The van der Waals surface area contributed by atoms with E-state index in [0.717, 1.165) is 71.9 Å². The molecule has 0 radical (unpaired) electrons. The Morgan fingerprint density at radius 1 is 0.340 bits per heavy atom. The molecule has 47 heavy (non-hydrogen) atoms. The van der Waals surface area contributed by atoms with Gasteiger partial charge in [0.25, 0.3) is 0 Å². The molecular weight excluding hydrogens is 574 g/mol. The molecule has 0 spiro atoms. The van der Waals surface area contributed by atoms with Crippen LogP contribution in [0, 0.1) is 0 Å². The number of fused-ring (bicyclic) bond motifs is 9. The third kappa shape index (κ3) is 4.07. The van der Waals surface area contributed by atoms with Crippen LogP contribution in [0.4, 0.5) is 17.1 Å². The van der Waals surface area contributed by atoms with E-state index >= 15 is 0 Å². The Balaban J connectivity index is 1.24. The van der Waals surface area contributed by atoms with Crippen molar-refractivity contribution in [3.63, 3.8) is 0 Å². The molecule has 0 aliphatic carbocycles. The smallest absolute Gasteiger partial charge is 0.137 e. The summed E-state index contributed by atoms with van der Waals surface area (Å²) in [6.45, 7) is 0. The number of hydrogen-bond acceptors (Lipinski definition) is 3. The lowest BCUT2D eigenvalue weighted by molar-refractivity contribution is 0.669. The van der Waals surface area contributed by atoms with Gasteiger partial charge in [-0.3, -0.25) is 0 Å². The van der Waals surface area contributed by atoms with Crippen LogP contribution in [-0.2, 0) is 0 Å². The fraction of sp³-hybridized carbons (Fsp3) is 0. The molecular formula is C44H27NO2. The Hall–Kier alpha value is -6.32. The van der Waals surface area contributed by atoms with Crippen molar-refractivity contribution < 1.29 is 8.83 Å². The van der Waals surface area contributed by atoms with Crippen LogP contribution in [0.15, 0.2) is 173 Å². The van der Waals surface area contributed by atoms with Gasteiger partial charge in [0.1, 0.15) is 22.3 Å². The lowest BCUT2D eigenvalue weighted by Gasteiger charge is -2.28. The molecule has 3 heteroatoms. The Morgan fingerprint density at radius 3 is 1.74 bits per heavy atom. The fourth-order valence-corrected chi connectivity index (χ4v) is 7.21. The van der Waals surface area contributed by atoms with Crippen LogP contribution in [0.1, 0.15) is 0 Å². The highest BCUT2D eigenvalue weighted by molar-refractivity contribution is 6.17. The molecule has 0 bridgehead atoms. The Kier molecular flexibility index (Phi) is 5.57. The monoisotopic (exact) mass is 601 g/mol. The second-order valence-corrected chi connectivity index (χ2v) is 12.1. The van der Waals surface area contributed by atoms with Gasteiger partial charge in [-0.15, -0.1) is 0 Å². The zero-order chi connectivity index (χ0) is 30.9. The van der Waals surface area contributed by atoms with E-state index in [2.05, 4.69) is 144 Å². The number of anilines is 3. The first-order valence-electron chi connectivity index (χ1n) is 15.9. The quantitative estimate of drug-likeness (QED) is 0.188. The summed E-state index contributed by atoms with van der Waals surface area (Å²) in [5.41, 5.74) is 9.10. The number of rotatable bonds is 4. The minimum Gasteiger partial charge on any atom is -0.456 e. The zero-order valence-corrected chi connectivity index (χ0v) is 25.4. The third-order valence-corrected chi connectivity index (χ3v) is 9.43. The average molecular weight is 602 g/mol. The second kappa shape index (κ2) is 10.1. The summed E-state index contributed by atoms with van der Waals surface area (Å²) in [7, 11) is 0. The molecule has 0 amide bonds. The summed E-state index contributed by atoms with van der Waals surface area (Å²) in [4.78, 5) is 2.36. The van der Waals surface area contributed by atoms with E-state index < -0.39 is 0 Å². The van der Waals surface area contributed by atoms with Crippen molar-refractivity contribution in [1.82, 2.24) is 0 Å². The molecule has 10 aromatic rings. The summed E-state index contributed by atoms with van der Waals surface area (Å²) >= 11 is 0. The summed E-state index contributed by atoms with van der Waals surface area (Å²) < 4.78 is 12.6. The normalized spacial score (nSPS) is 11.8. The van der Waals surface area contributed by atoms with Crippen molar-refractivity contribution >= 4 is 82.5 Å². The van der Waals surface area contributed by atoms with Crippen LogP contribution in [0.25, 0.3) is 76.5 Å². The van der Waals surface area contributed by atoms with Gasteiger partial charge in [-0.05, 0) is 81.7 Å². The van der Waals surface area contributed by atoms with Gasteiger partial charge in [-0.1, -0.05) is 103 Å². The second-order valence-electron chi connectivity index (χ2n) is 12.1. The summed E-state index contributed by atoms with van der Waals surface area (Å²) in [5, 5.41) is 9.25. The maximum Gasteiger partial charge on any atom is 0.137 e. The van der Waals surface area contributed by atoms with Gasteiger partial charge in [-0.2, -0.15) is 0 Å². The molecule has 3 nitrogen and oxygen atoms in total. The molecule has 8 aromatic carbocycles. The third-order valence-electron chi connectivity index (χ3n) is 9.43. The van der Waals surface area contributed by atoms with Gasteiger partial charge in [0.2, 0.25) is 0 Å². The highest BCUT2D eigenvalue weighted by atomic mass is 16.3. The molecule has 0 atom stereocenters. The zero-order valence-electron chi connectivity index (χ0n) is 25.4. The minimum absolute atomic E-state index is 0.867. The van der Waals surface area contributed by atoms with E-state index in [1.807, 2.05) is 24.3 Å². The summed E-state index contributed by atoms with van der Waals surface area (Å²) in [5.74, 6) is 0. The summed E-state index contributed by atoms with van der Waals surface area (Å²) in [6.07, 6.45) is 0. The molecule has 0 fully saturated rings. The van der Waals surface area contributed by atoms with Crippen LogP contribution < -0.4 is 4.90 Å². The van der Waals surface area contributed by atoms with E-state index in [4.69, 9.17) is 8.83 Å². The van der Waals surface area contributed by atoms with E-state index in [9.17, 15) is 0 Å². The maximum absolute atomic E-state index is 6.39. The van der Waals surface area contributed by atoms with Crippen LogP contribution >= 0.6 is 0 Å². The molecule has 10 rings (SSSR count). The number of furan rings is 2. The number of nitrogens with zero attached hydrogens (tertiary/aromatic N) is 1. The Morgan fingerprint density at radius 2 is 0.915 bits per heavy atom. The topological polar surface area (TPSA) is 29.5 Å². The molecule has 0 aliphatic rings. The van der Waals surface area contributed by atoms with E-state index in [1.54, 1.807) is 0 Å². The first kappa shape index (κ1) is 26.0. The van der Waals surface area contributed by atoms with Gasteiger partial charge >= 0.3 is 0 Å². The highest BCUT2D eigenvalue weighted by Crippen LogP contribution is 2.44.